The van der Waals surface area contributed by atoms with Gasteiger partial charge in [0.1, 0.15) is 0 Å². The molecule has 0 aliphatic heterocycles. The molecular formula is C62H46N4. The third-order valence-electron chi connectivity index (χ3n) is 13.3. The Morgan fingerprint density at radius 1 is 0.303 bits per heavy atom. The van der Waals surface area contributed by atoms with Crippen molar-refractivity contribution in [2.75, 3.05) is 0 Å². The summed E-state index contributed by atoms with van der Waals surface area (Å²) in [6, 6.07) is 74.8. The Morgan fingerprint density at radius 2 is 0.712 bits per heavy atom. The van der Waals surface area contributed by atoms with Crippen LogP contribution in [0.25, 0.3) is 111 Å². The molecule has 4 nitrogen and oxygen atoms in total. The summed E-state index contributed by atoms with van der Waals surface area (Å²) in [5.74, 6) is 0.724. The minimum absolute atomic E-state index is 0.724. The second-order valence-electron chi connectivity index (χ2n) is 17.7. The zero-order valence-corrected chi connectivity index (χ0v) is 37.4. The molecule has 66 heavy (non-hydrogen) atoms. The normalized spacial score (nSPS) is 11.6. The largest absolute Gasteiger partial charge is 0.309 e. The average molecular weight is 847 g/mol. The van der Waals surface area contributed by atoms with E-state index < -0.39 is 0 Å². The Kier molecular flexibility index (Phi) is 9.35. The second kappa shape index (κ2) is 15.7. The first-order valence-corrected chi connectivity index (χ1v) is 22.7. The van der Waals surface area contributed by atoms with Crippen LogP contribution >= 0.6 is 0 Å². The van der Waals surface area contributed by atoms with E-state index in [0.29, 0.717) is 0 Å². The van der Waals surface area contributed by atoms with Gasteiger partial charge in [0.2, 0.25) is 0 Å². The summed E-state index contributed by atoms with van der Waals surface area (Å²) >= 11 is 0. The van der Waals surface area contributed by atoms with Gasteiger partial charge in [-0.2, -0.15) is 0 Å². The zero-order chi connectivity index (χ0) is 44.5. The number of benzene rings is 9. The first kappa shape index (κ1) is 39.3. The monoisotopic (exact) mass is 846 g/mol. The number of aryl methyl sites for hydroxylation is 4. The number of hydrogen-bond donors (Lipinski definition) is 0. The molecule has 4 heteroatoms. The molecule has 3 heterocycles. The molecule has 0 fully saturated rings. The van der Waals surface area contributed by atoms with Crippen molar-refractivity contribution in [1.82, 2.24) is 19.1 Å². The van der Waals surface area contributed by atoms with E-state index in [1.807, 2.05) is 0 Å². The predicted octanol–water partition coefficient (Wildman–Crippen LogP) is 16.2. The molecule has 0 bridgehead atoms. The van der Waals surface area contributed by atoms with E-state index in [1.54, 1.807) is 0 Å². The Hall–Kier alpha value is -8.34. The molecule has 0 saturated carbocycles. The maximum atomic E-state index is 5.09. The fourth-order valence-electron chi connectivity index (χ4n) is 10.1. The summed E-state index contributed by atoms with van der Waals surface area (Å²) in [4.78, 5) is 10.1. The molecule has 0 aliphatic carbocycles. The van der Waals surface area contributed by atoms with E-state index in [2.05, 4.69) is 243 Å². The molecule has 0 spiro atoms. The van der Waals surface area contributed by atoms with Gasteiger partial charge in [-0.1, -0.05) is 163 Å². The van der Waals surface area contributed by atoms with Crippen molar-refractivity contribution in [3.8, 4) is 67.5 Å². The van der Waals surface area contributed by atoms with Crippen LogP contribution in [0, 0.1) is 27.7 Å². The predicted molar refractivity (Wildman–Crippen MR) is 277 cm³/mol. The summed E-state index contributed by atoms with van der Waals surface area (Å²) in [5.41, 5.74) is 21.9. The minimum Gasteiger partial charge on any atom is -0.309 e. The van der Waals surface area contributed by atoms with Crippen molar-refractivity contribution in [2.24, 2.45) is 0 Å². The van der Waals surface area contributed by atoms with E-state index in [-0.39, 0.29) is 0 Å². The fourth-order valence-corrected chi connectivity index (χ4v) is 10.1. The van der Waals surface area contributed by atoms with Crippen molar-refractivity contribution in [3.05, 3.63) is 229 Å². The Bertz CT molecular complexity index is 3670. The Balaban J connectivity index is 0.861. The number of fused-ring (bicyclic) bond motifs is 6. The molecule has 314 valence electrons. The fraction of sp³-hybridized carbons (Fsp3) is 0.0645. The number of aromatic nitrogens is 4. The molecular weight excluding hydrogens is 801 g/mol. The summed E-state index contributed by atoms with van der Waals surface area (Å²) in [7, 11) is 0. The molecule has 12 rings (SSSR count). The van der Waals surface area contributed by atoms with Crippen LogP contribution in [-0.2, 0) is 0 Å². The van der Waals surface area contributed by atoms with Crippen molar-refractivity contribution in [2.45, 2.75) is 27.7 Å². The quantitative estimate of drug-likeness (QED) is 0.160. The van der Waals surface area contributed by atoms with Crippen molar-refractivity contribution < 1.29 is 0 Å². The lowest BCUT2D eigenvalue weighted by Gasteiger charge is -2.15. The summed E-state index contributed by atoms with van der Waals surface area (Å²) in [6.45, 7) is 8.68. The van der Waals surface area contributed by atoms with Gasteiger partial charge in [0.15, 0.2) is 5.82 Å². The smallest absolute Gasteiger partial charge is 0.160 e. The van der Waals surface area contributed by atoms with Gasteiger partial charge < -0.3 is 9.13 Å². The molecule has 0 aliphatic rings. The first-order chi connectivity index (χ1) is 32.3. The molecule has 12 aromatic rings. The van der Waals surface area contributed by atoms with Crippen LogP contribution < -0.4 is 0 Å². The number of rotatable bonds is 7. The molecule has 3 aromatic heterocycles. The van der Waals surface area contributed by atoms with E-state index in [9.17, 15) is 0 Å². The molecule has 0 amide bonds. The van der Waals surface area contributed by atoms with Gasteiger partial charge in [0.05, 0.1) is 33.5 Å². The second-order valence-corrected chi connectivity index (χ2v) is 17.7. The lowest BCUT2D eigenvalue weighted by atomic mass is 9.91. The Labute approximate surface area is 384 Å². The van der Waals surface area contributed by atoms with Crippen molar-refractivity contribution >= 4 is 43.6 Å². The lowest BCUT2D eigenvalue weighted by Crippen LogP contribution is -1.96. The molecule has 0 unspecified atom stereocenters. The van der Waals surface area contributed by atoms with Crippen LogP contribution in [0.3, 0.4) is 0 Å². The van der Waals surface area contributed by atoms with Gasteiger partial charge in [0, 0.05) is 49.6 Å². The van der Waals surface area contributed by atoms with E-state index >= 15 is 0 Å². The SMILES string of the molecule is Cc1ccc(-c2cc(-c3ccc(-c4cc(C)c(-c5ccc(-n6c7ccccc7c7cc(-n8c9ccccc9c9ccccc98)ccc76)cc5)c(C)c4)cc3)nc(-c3ccc(C)cc3)n2)cc1. The molecule has 0 saturated heterocycles. The Morgan fingerprint density at radius 3 is 1.26 bits per heavy atom. The van der Waals surface area contributed by atoms with Crippen LogP contribution in [0.5, 0.6) is 0 Å². The van der Waals surface area contributed by atoms with Crippen LogP contribution in [0.15, 0.2) is 206 Å². The van der Waals surface area contributed by atoms with Gasteiger partial charge in [-0.25, -0.2) is 9.97 Å². The maximum absolute atomic E-state index is 5.09. The van der Waals surface area contributed by atoms with Crippen molar-refractivity contribution in [3.63, 3.8) is 0 Å². The van der Waals surface area contributed by atoms with Gasteiger partial charge in [-0.3, -0.25) is 0 Å². The zero-order valence-electron chi connectivity index (χ0n) is 37.4. The lowest BCUT2D eigenvalue weighted by molar-refractivity contribution is 1.16. The topological polar surface area (TPSA) is 35.6 Å². The molecule has 9 aromatic carbocycles. The van der Waals surface area contributed by atoms with Crippen LogP contribution in [-0.4, -0.2) is 19.1 Å². The highest BCUT2D eigenvalue weighted by Crippen LogP contribution is 2.39. The summed E-state index contributed by atoms with van der Waals surface area (Å²) < 4.78 is 4.81. The van der Waals surface area contributed by atoms with E-state index in [1.165, 1.54) is 88.1 Å². The highest BCUT2D eigenvalue weighted by Gasteiger charge is 2.18. The standard InChI is InChI=1S/C62H46N4/c1-39-17-21-44(22-18-39)55-38-56(64-62(63-55)47-23-19-40(2)20-24-47)45-27-25-43(26-28-45)48-35-41(3)61(42(4)36-48)46-29-31-49(32-30-46)65-59-16-10-7-13-53(59)54-37-50(33-34-60(54)65)66-57-14-8-5-11-51(57)52-12-6-9-15-58(52)66/h5-38H,1-4H3. The molecule has 0 radical (unpaired) electrons. The summed E-state index contributed by atoms with van der Waals surface area (Å²) in [5, 5.41) is 5.02. The molecule has 0 N–H and O–H groups in total. The number of para-hydroxylation sites is 3. The van der Waals surface area contributed by atoms with Crippen LogP contribution in [0.4, 0.5) is 0 Å². The van der Waals surface area contributed by atoms with E-state index in [0.717, 1.165) is 45.3 Å². The third kappa shape index (κ3) is 6.69. The van der Waals surface area contributed by atoms with Crippen LogP contribution in [0.2, 0.25) is 0 Å². The molecule has 0 atom stereocenters. The van der Waals surface area contributed by atoms with Gasteiger partial charge >= 0.3 is 0 Å². The summed E-state index contributed by atoms with van der Waals surface area (Å²) in [6.07, 6.45) is 0. The minimum atomic E-state index is 0.724. The maximum Gasteiger partial charge on any atom is 0.160 e. The van der Waals surface area contributed by atoms with E-state index in [4.69, 9.17) is 9.97 Å². The van der Waals surface area contributed by atoms with Gasteiger partial charge in [0.25, 0.3) is 0 Å². The van der Waals surface area contributed by atoms with Crippen LogP contribution in [0.1, 0.15) is 22.3 Å². The van der Waals surface area contributed by atoms with Gasteiger partial charge in [-0.05, 0) is 116 Å². The highest BCUT2D eigenvalue weighted by atomic mass is 15.0. The third-order valence-corrected chi connectivity index (χ3v) is 13.3. The first-order valence-electron chi connectivity index (χ1n) is 22.7. The average Bonchev–Trinajstić information content (AvgIpc) is 3.87. The number of nitrogens with zero attached hydrogens (tertiary/aromatic N) is 4. The van der Waals surface area contributed by atoms with Crippen molar-refractivity contribution in [1.29, 1.82) is 0 Å². The number of hydrogen-bond acceptors (Lipinski definition) is 2. The van der Waals surface area contributed by atoms with Gasteiger partial charge in [-0.15, -0.1) is 0 Å². The highest BCUT2D eigenvalue weighted by molar-refractivity contribution is 6.12.